The molecule has 3 aromatic rings. The number of alkyl halides is 3. The first-order chi connectivity index (χ1) is 17.6. The Hall–Kier alpha value is -3.25. The number of aryl methyl sites for hydroxylation is 2. The average Bonchev–Trinajstić information content (AvgIpc) is 3.25. The average molecular weight is 517 g/mol. The van der Waals surface area contributed by atoms with Gasteiger partial charge in [-0.2, -0.15) is 18.3 Å². The van der Waals surface area contributed by atoms with E-state index in [1.807, 2.05) is 0 Å². The van der Waals surface area contributed by atoms with Gasteiger partial charge in [-0.05, 0) is 69.0 Å². The van der Waals surface area contributed by atoms with Gasteiger partial charge in [-0.1, -0.05) is 0 Å². The second kappa shape index (κ2) is 8.66. The second-order valence-electron chi connectivity index (χ2n) is 10.1. The van der Waals surface area contributed by atoms with E-state index in [0.717, 1.165) is 36.8 Å². The Morgan fingerprint density at radius 3 is 2.62 bits per heavy atom. The van der Waals surface area contributed by atoms with E-state index in [1.165, 1.54) is 11.1 Å². The van der Waals surface area contributed by atoms with Crippen LogP contribution in [0.1, 0.15) is 42.1 Å². The van der Waals surface area contributed by atoms with Crippen molar-refractivity contribution in [3.05, 3.63) is 41.3 Å². The van der Waals surface area contributed by atoms with Crippen LogP contribution in [0.15, 0.2) is 24.4 Å². The number of ether oxygens (including phenoxy) is 2. The summed E-state index contributed by atoms with van der Waals surface area (Å²) in [7, 11) is 0. The molecular formula is C25H27F3N6O3. The number of hydrogen-bond donors (Lipinski definition) is 1. The second-order valence-corrected chi connectivity index (χ2v) is 10.1. The maximum Gasteiger partial charge on any atom is 0.491 e. The van der Waals surface area contributed by atoms with Crippen molar-refractivity contribution in [2.75, 3.05) is 31.1 Å². The Balaban J connectivity index is 1.31. The number of aromatic nitrogens is 4. The predicted octanol–water partition coefficient (Wildman–Crippen LogP) is 3.31. The number of nitrogens with one attached hydrogen (secondary N) is 1. The molecule has 0 radical (unpaired) electrons. The topological polar surface area (TPSA) is 94.4 Å². The number of benzene rings is 1. The number of morpholine rings is 1. The number of piperidine rings is 2. The number of anilines is 1. The van der Waals surface area contributed by atoms with Crippen molar-refractivity contribution in [2.24, 2.45) is 0 Å². The molecule has 1 aromatic carbocycles. The molecule has 7 rings (SSSR count). The van der Waals surface area contributed by atoms with E-state index in [-0.39, 0.29) is 19.1 Å². The number of nitrogens with zero attached hydrogens (tertiary/aromatic N) is 5. The SMILES string of the molecule is Cc1nc(N2CC3CC(OC(=O)C(F)(F)F)(C2)O3)cc(-n2ncc3cc(C)c(C4CCNCC4)cc32)n1. The van der Waals surface area contributed by atoms with Crippen LogP contribution in [0.3, 0.4) is 0 Å². The standard InChI is InChI=1S/C25H27F3N6O3/c1-14-7-17-11-30-34(20(17)8-19(14)16-3-5-29-6-4-16)22-9-21(31-15(2)32-22)33-12-18-10-24(13-33,36-18)37-23(35)25(26,27)28/h7-9,11,16,18,29H,3-6,10,12-13H2,1-2H3. The van der Waals surface area contributed by atoms with Gasteiger partial charge in [0.25, 0.3) is 0 Å². The summed E-state index contributed by atoms with van der Waals surface area (Å²) in [6.07, 6.45) is -1.26. The molecule has 2 aromatic heterocycles. The lowest BCUT2D eigenvalue weighted by molar-refractivity contribution is -0.341. The van der Waals surface area contributed by atoms with Crippen LogP contribution in [0, 0.1) is 13.8 Å². The van der Waals surface area contributed by atoms with Gasteiger partial charge in [0.2, 0.25) is 5.79 Å². The van der Waals surface area contributed by atoms with Crippen molar-refractivity contribution in [1.29, 1.82) is 0 Å². The van der Waals surface area contributed by atoms with E-state index in [1.54, 1.807) is 28.8 Å². The molecule has 1 N–H and O–H groups in total. The summed E-state index contributed by atoms with van der Waals surface area (Å²) >= 11 is 0. The van der Waals surface area contributed by atoms with Gasteiger partial charge >= 0.3 is 12.1 Å². The first kappa shape index (κ1) is 24.1. The molecule has 6 heterocycles. The highest BCUT2D eigenvalue weighted by Gasteiger charge is 2.58. The van der Waals surface area contributed by atoms with E-state index in [0.29, 0.717) is 29.9 Å². The van der Waals surface area contributed by atoms with E-state index in [4.69, 9.17) is 9.47 Å². The van der Waals surface area contributed by atoms with Gasteiger partial charge in [0, 0.05) is 24.4 Å². The Labute approximate surface area is 211 Å². The van der Waals surface area contributed by atoms with Crippen LogP contribution in [-0.2, 0) is 14.3 Å². The van der Waals surface area contributed by atoms with Crippen molar-refractivity contribution in [3.8, 4) is 5.82 Å². The highest BCUT2D eigenvalue weighted by Crippen LogP contribution is 2.42. The molecule has 4 aliphatic rings. The van der Waals surface area contributed by atoms with Gasteiger partial charge in [-0.15, -0.1) is 0 Å². The minimum atomic E-state index is -5.09. The van der Waals surface area contributed by atoms with Crippen LogP contribution in [0.25, 0.3) is 16.7 Å². The zero-order chi connectivity index (χ0) is 25.9. The molecule has 9 nitrogen and oxygen atoms in total. The zero-order valence-corrected chi connectivity index (χ0v) is 20.5. The van der Waals surface area contributed by atoms with Gasteiger partial charge in [0.1, 0.15) is 11.6 Å². The van der Waals surface area contributed by atoms with Crippen molar-refractivity contribution in [3.63, 3.8) is 0 Å². The summed E-state index contributed by atoms with van der Waals surface area (Å²) in [5, 5.41) is 9.01. The fraction of sp³-hybridized carbons (Fsp3) is 0.520. The van der Waals surface area contributed by atoms with Crippen molar-refractivity contribution >= 4 is 22.7 Å². The zero-order valence-electron chi connectivity index (χ0n) is 20.5. The number of rotatable bonds is 4. The lowest BCUT2D eigenvalue weighted by Crippen LogP contribution is -2.68. The Bertz CT molecular complexity index is 1360. The fourth-order valence-corrected chi connectivity index (χ4v) is 5.71. The van der Waals surface area contributed by atoms with Gasteiger partial charge in [-0.25, -0.2) is 19.4 Å². The summed E-state index contributed by atoms with van der Waals surface area (Å²) in [5.41, 5.74) is 3.48. The number of fused-ring (bicyclic) bond motifs is 3. The molecule has 4 aliphatic heterocycles. The van der Waals surface area contributed by atoms with Crippen LogP contribution < -0.4 is 10.2 Å². The quantitative estimate of drug-likeness (QED) is 0.528. The van der Waals surface area contributed by atoms with E-state index >= 15 is 0 Å². The molecule has 0 spiro atoms. The lowest BCUT2D eigenvalue weighted by atomic mass is 9.87. The minimum absolute atomic E-state index is 0.0554. The fourth-order valence-electron chi connectivity index (χ4n) is 5.71. The highest BCUT2D eigenvalue weighted by molar-refractivity contribution is 5.82. The Morgan fingerprint density at radius 1 is 1.16 bits per heavy atom. The van der Waals surface area contributed by atoms with E-state index in [9.17, 15) is 18.0 Å². The highest BCUT2D eigenvalue weighted by atomic mass is 19.4. The summed E-state index contributed by atoms with van der Waals surface area (Å²) in [4.78, 5) is 22.4. The maximum absolute atomic E-state index is 12.8. The molecule has 4 saturated heterocycles. The first-order valence-corrected chi connectivity index (χ1v) is 12.4. The Morgan fingerprint density at radius 2 is 1.89 bits per heavy atom. The summed E-state index contributed by atoms with van der Waals surface area (Å²) in [6, 6.07) is 6.10. The third-order valence-electron chi connectivity index (χ3n) is 7.37. The molecule has 0 aliphatic carbocycles. The van der Waals surface area contributed by atoms with E-state index < -0.39 is 17.9 Å². The largest absolute Gasteiger partial charge is 0.491 e. The smallest absolute Gasteiger partial charge is 0.424 e. The van der Waals surface area contributed by atoms with Crippen molar-refractivity contribution in [2.45, 2.75) is 57.1 Å². The van der Waals surface area contributed by atoms with Gasteiger partial charge in [0.05, 0.1) is 24.4 Å². The molecule has 2 unspecified atom stereocenters. The van der Waals surface area contributed by atoms with Gasteiger partial charge in [-0.3, -0.25) is 0 Å². The maximum atomic E-state index is 12.8. The van der Waals surface area contributed by atoms with E-state index in [2.05, 4.69) is 39.4 Å². The van der Waals surface area contributed by atoms with Gasteiger partial charge in [0.15, 0.2) is 5.82 Å². The summed E-state index contributed by atoms with van der Waals surface area (Å²) in [6.45, 7) is 6.24. The summed E-state index contributed by atoms with van der Waals surface area (Å²) < 4.78 is 50.4. The van der Waals surface area contributed by atoms with Gasteiger partial charge < -0.3 is 19.7 Å². The predicted molar refractivity (Wildman–Crippen MR) is 128 cm³/mol. The monoisotopic (exact) mass is 516 g/mol. The third kappa shape index (κ3) is 4.42. The minimum Gasteiger partial charge on any atom is -0.424 e. The van der Waals surface area contributed by atoms with Crippen molar-refractivity contribution < 1.29 is 27.4 Å². The first-order valence-electron chi connectivity index (χ1n) is 12.4. The molecule has 0 saturated carbocycles. The van der Waals surface area contributed by atoms with Crippen LogP contribution in [0.2, 0.25) is 0 Å². The summed E-state index contributed by atoms with van der Waals surface area (Å²) in [5.74, 6) is -1.85. The molecule has 0 amide bonds. The number of esters is 1. The Kier molecular flexibility index (Phi) is 5.64. The molecule has 12 heteroatoms. The molecule has 4 fully saturated rings. The number of hydrogen-bond acceptors (Lipinski definition) is 8. The van der Waals surface area contributed by atoms with Crippen LogP contribution >= 0.6 is 0 Å². The number of carbonyl (C=O) groups is 1. The number of carbonyl (C=O) groups excluding carboxylic acids is 1. The molecule has 2 atom stereocenters. The molecular weight excluding hydrogens is 489 g/mol. The molecule has 37 heavy (non-hydrogen) atoms. The van der Waals surface area contributed by atoms with Crippen molar-refractivity contribution in [1.82, 2.24) is 25.1 Å². The van der Waals surface area contributed by atoms with Crippen LogP contribution in [0.5, 0.6) is 0 Å². The lowest BCUT2D eigenvalue weighted by Gasteiger charge is -2.54. The molecule has 196 valence electrons. The molecule has 2 bridgehead atoms. The number of halogens is 3. The van der Waals surface area contributed by atoms with Crippen LogP contribution in [-0.4, -0.2) is 70.0 Å². The van der Waals surface area contributed by atoms with Crippen LogP contribution in [0.4, 0.5) is 19.0 Å². The normalized spacial score (nSPS) is 24.2. The third-order valence-corrected chi connectivity index (χ3v) is 7.37.